The highest BCUT2D eigenvalue weighted by Gasteiger charge is 2.43. The zero-order valence-corrected chi connectivity index (χ0v) is 34.2. The molecule has 7 aromatic carbocycles. The summed E-state index contributed by atoms with van der Waals surface area (Å²) in [7, 11) is 0. The molecule has 290 valence electrons. The lowest BCUT2D eigenvalue weighted by Gasteiger charge is -2.37. The Morgan fingerprint density at radius 3 is 1.80 bits per heavy atom. The second kappa shape index (κ2) is 14.4. The van der Waals surface area contributed by atoms with Gasteiger partial charge in [0.2, 0.25) is 0 Å². The highest BCUT2D eigenvalue weighted by molar-refractivity contribution is 6.06. The minimum atomic E-state index is -0.221. The van der Waals surface area contributed by atoms with Crippen LogP contribution in [0, 0.1) is 11.8 Å². The maximum absolute atomic E-state index is 6.27. The van der Waals surface area contributed by atoms with Gasteiger partial charge >= 0.3 is 0 Å². The van der Waals surface area contributed by atoms with Crippen LogP contribution in [0.3, 0.4) is 0 Å². The Morgan fingerprint density at radius 2 is 1.08 bits per heavy atom. The fourth-order valence-corrected chi connectivity index (χ4v) is 10.0. The third-order valence-corrected chi connectivity index (χ3v) is 13.2. The van der Waals surface area contributed by atoms with E-state index >= 15 is 0 Å². The Hall–Kier alpha value is -6.91. The molecule has 3 unspecified atom stereocenters. The molecule has 11 rings (SSSR count). The maximum Gasteiger partial charge on any atom is 0.164 e. The van der Waals surface area contributed by atoms with E-state index in [4.69, 9.17) is 19.4 Å². The van der Waals surface area contributed by atoms with Gasteiger partial charge in [0.25, 0.3) is 0 Å². The van der Waals surface area contributed by atoms with Crippen molar-refractivity contribution in [2.24, 2.45) is 11.8 Å². The smallest absolute Gasteiger partial charge is 0.164 e. The van der Waals surface area contributed by atoms with Crippen molar-refractivity contribution in [3.05, 3.63) is 187 Å². The third-order valence-electron chi connectivity index (χ3n) is 13.2. The molecule has 0 fully saturated rings. The number of allylic oxidation sites excluding steroid dienone is 2. The van der Waals surface area contributed by atoms with E-state index in [2.05, 4.69) is 142 Å². The Bertz CT molecular complexity index is 3070. The van der Waals surface area contributed by atoms with Gasteiger partial charge < -0.3 is 4.42 Å². The second-order valence-electron chi connectivity index (χ2n) is 17.0. The van der Waals surface area contributed by atoms with E-state index in [1.165, 1.54) is 40.7 Å². The molecule has 0 saturated carbocycles. The number of para-hydroxylation sites is 1. The average molecular weight is 776 g/mol. The summed E-state index contributed by atoms with van der Waals surface area (Å²) < 4.78 is 6.27. The fourth-order valence-electron chi connectivity index (χ4n) is 10.0. The summed E-state index contributed by atoms with van der Waals surface area (Å²) in [5.41, 5.74) is 15.8. The summed E-state index contributed by atoms with van der Waals surface area (Å²) >= 11 is 0. The Kier molecular flexibility index (Phi) is 8.70. The van der Waals surface area contributed by atoms with Crippen molar-refractivity contribution in [1.82, 2.24) is 15.0 Å². The fraction of sp³-hybridized carbons (Fsp3) is 0.161. The average Bonchev–Trinajstić information content (AvgIpc) is 3.81. The maximum atomic E-state index is 6.27. The van der Waals surface area contributed by atoms with Crippen molar-refractivity contribution in [2.75, 3.05) is 0 Å². The van der Waals surface area contributed by atoms with Gasteiger partial charge in [0.1, 0.15) is 11.2 Å². The zero-order chi connectivity index (χ0) is 40.4. The molecule has 0 N–H and O–H groups in total. The quantitative estimate of drug-likeness (QED) is 0.151. The van der Waals surface area contributed by atoms with Crippen LogP contribution >= 0.6 is 0 Å². The Balaban J connectivity index is 1.13. The van der Waals surface area contributed by atoms with Gasteiger partial charge in [0.05, 0.1) is 0 Å². The van der Waals surface area contributed by atoms with Crippen molar-refractivity contribution in [3.63, 3.8) is 0 Å². The highest BCUT2D eigenvalue weighted by Crippen LogP contribution is 2.56. The number of hydrogen-bond donors (Lipinski definition) is 0. The standard InChI is InChI=1S/C56H45N3O/c1-4-36-27-35(2)28-44(29-36)56(3)49-21-13-11-19-45(49)46-25-23-40(34-50(46)56)42-30-41(39-24-26-52-48(33-39)47-20-12-14-22-51(47)60-52)31-43(32-42)55-58-53(37-15-7-5-8-16-37)57-54(59-55)38-17-9-6-10-18-38/h5-26,28,30-36H,4,27,29H2,1-3H3. The number of furan rings is 1. The molecule has 0 spiro atoms. The number of rotatable bonds is 7. The molecule has 3 atom stereocenters. The number of benzene rings is 7. The number of hydrogen-bond acceptors (Lipinski definition) is 4. The van der Waals surface area contributed by atoms with Crippen LogP contribution in [0.4, 0.5) is 0 Å². The minimum Gasteiger partial charge on any atom is -0.456 e. The van der Waals surface area contributed by atoms with Crippen LogP contribution in [0.5, 0.6) is 0 Å². The van der Waals surface area contributed by atoms with Crippen LogP contribution in [0.15, 0.2) is 180 Å². The normalized spacial score (nSPS) is 18.4. The van der Waals surface area contributed by atoms with E-state index in [-0.39, 0.29) is 5.41 Å². The predicted octanol–water partition coefficient (Wildman–Crippen LogP) is 14.8. The van der Waals surface area contributed by atoms with E-state index < -0.39 is 0 Å². The largest absolute Gasteiger partial charge is 0.456 e. The summed E-state index contributed by atoms with van der Waals surface area (Å²) in [5, 5.41) is 2.21. The monoisotopic (exact) mass is 775 g/mol. The Labute approximate surface area is 351 Å². The highest BCUT2D eigenvalue weighted by atomic mass is 16.3. The molecule has 0 saturated heterocycles. The molecule has 9 aromatic rings. The second-order valence-corrected chi connectivity index (χ2v) is 17.0. The first-order chi connectivity index (χ1) is 29.4. The first-order valence-electron chi connectivity index (χ1n) is 21.3. The predicted molar refractivity (Wildman–Crippen MR) is 246 cm³/mol. The topological polar surface area (TPSA) is 51.8 Å². The molecule has 4 heteroatoms. The molecule has 2 aliphatic rings. The summed E-state index contributed by atoms with van der Waals surface area (Å²) in [6, 6.07) is 58.3. The third kappa shape index (κ3) is 6.09. The van der Waals surface area contributed by atoms with Crippen LogP contribution in [-0.2, 0) is 5.41 Å². The zero-order valence-electron chi connectivity index (χ0n) is 34.2. The first kappa shape index (κ1) is 36.2. The minimum absolute atomic E-state index is 0.221. The molecule has 2 aromatic heterocycles. The summed E-state index contributed by atoms with van der Waals surface area (Å²) in [6.07, 6.45) is 6.19. The summed E-state index contributed by atoms with van der Waals surface area (Å²) in [4.78, 5) is 15.4. The molecule has 2 aliphatic carbocycles. The van der Waals surface area contributed by atoms with Gasteiger partial charge in [-0.05, 0) is 119 Å². The lowest BCUT2D eigenvalue weighted by molar-refractivity contribution is 0.373. The van der Waals surface area contributed by atoms with Crippen LogP contribution in [-0.4, -0.2) is 15.0 Å². The molecule has 2 heterocycles. The molecule has 0 aliphatic heterocycles. The van der Waals surface area contributed by atoms with E-state index in [0.29, 0.717) is 29.3 Å². The molecular formula is C56H45N3O. The van der Waals surface area contributed by atoms with Crippen molar-refractivity contribution < 1.29 is 4.42 Å². The van der Waals surface area contributed by atoms with Crippen molar-refractivity contribution >= 4 is 21.9 Å². The van der Waals surface area contributed by atoms with E-state index in [1.54, 1.807) is 5.57 Å². The van der Waals surface area contributed by atoms with E-state index in [9.17, 15) is 0 Å². The summed E-state index contributed by atoms with van der Waals surface area (Å²) in [6.45, 7) is 7.23. The van der Waals surface area contributed by atoms with Gasteiger partial charge in [-0.25, -0.2) is 15.0 Å². The van der Waals surface area contributed by atoms with Gasteiger partial charge in [-0.2, -0.15) is 0 Å². The number of nitrogens with zero attached hydrogens (tertiary/aromatic N) is 3. The molecule has 0 bridgehead atoms. The van der Waals surface area contributed by atoms with E-state index in [1.807, 2.05) is 48.5 Å². The van der Waals surface area contributed by atoms with E-state index in [0.717, 1.165) is 61.7 Å². The number of fused-ring (bicyclic) bond motifs is 6. The van der Waals surface area contributed by atoms with Gasteiger partial charge in [-0.3, -0.25) is 0 Å². The molecular weight excluding hydrogens is 731 g/mol. The number of aromatic nitrogens is 3. The Morgan fingerprint density at radius 1 is 0.517 bits per heavy atom. The lowest BCUT2D eigenvalue weighted by atomic mass is 9.66. The van der Waals surface area contributed by atoms with Gasteiger partial charge in [-0.15, -0.1) is 0 Å². The SMILES string of the molecule is CCC1CC(C2(C)c3ccccc3-c3ccc(-c4cc(-c5ccc6oc7ccccc7c6c5)cc(-c5nc(-c6ccccc6)nc(-c6ccccc6)n5)c4)cc32)=CC(C)C1. The van der Waals surface area contributed by atoms with Crippen molar-refractivity contribution in [3.8, 4) is 67.5 Å². The molecule has 0 amide bonds. The summed E-state index contributed by atoms with van der Waals surface area (Å²) in [5.74, 6) is 3.17. The van der Waals surface area contributed by atoms with Crippen LogP contribution in [0.2, 0.25) is 0 Å². The molecule has 0 radical (unpaired) electrons. The molecule has 4 nitrogen and oxygen atoms in total. The van der Waals surface area contributed by atoms with Crippen LogP contribution in [0.1, 0.15) is 51.2 Å². The van der Waals surface area contributed by atoms with Crippen molar-refractivity contribution in [1.29, 1.82) is 0 Å². The van der Waals surface area contributed by atoms with Crippen molar-refractivity contribution in [2.45, 2.75) is 45.4 Å². The van der Waals surface area contributed by atoms with Gasteiger partial charge in [0.15, 0.2) is 17.5 Å². The molecule has 60 heavy (non-hydrogen) atoms. The van der Waals surface area contributed by atoms with Gasteiger partial charge in [0, 0.05) is 32.9 Å². The van der Waals surface area contributed by atoms with Gasteiger partial charge in [-0.1, -0.05) is 153 Å². The van der Waals surface area contributed by atoms with Crippen LogP contribution < -0.4 is 0 Å². The first-order valence-corrected chi connectivity index (χ1v) is 21.3. The van der Waals surface area contributed by atoms with Crippen LogP contribution in [0.25, 0.3) is 89.5 Å². The lowest BCUT2D eigenvalue weighted by Crippen LogP contribution is -2.28.